The van der Waals surface area contributed by atoms with Crippen molar-refractivity contribution in [2.75, 3.05) is 11.9 Å². The van der Waals surface area contributed by atoms with E-state index in [0.29, 0.717) is 5.69 Å². The number of unbranched alkanes of at least 4 members (excludes halogenated alkanes) is 1. The van der Waals surface area contributed by atoms with E-state index in [1.54, 1.807) is 12.1 Å². The molecular formula is C18H21N3O5. The number of carbonyl (C=O) groups is 2. The zero-order valence-electron chi connectivity index (χ0n) is 14.5. The minimum absolute atomic E-state index is 0.394. The van der Waals surface area contributed by atoms with Crippen molar-refractivity contribution in [3.8, 4) is 0 Å². The summed E-state index contributed by atoms with van der Waals surface area (Å²) in [7, 11) is 0. The van der Waals surface area contributed by atoms with Crippen LogP contribution in [0.4, 0.5) is 5.69 Å². The topological polar surface area (TPSA) is 110 Å². The normalized spacial score (nSPS) is 10.3. The van der Waals surface area contributed by atoms with Gasteiger partial charge in [0.25, 0.3) is 11.5 Å². The van der Waals surface area contributed by atoms with Gasteiger partial charge in [0, 0.05) is 18.0 Å². The van der Waals surface area contributed by atoms with Crippen LogP contribution in [0.25, 0.3) is 0 Å². The molecule has 138 valence electrons. The van der Waals surface area contributed by atoms with Gasteiger partial charge >= 0.3 is 11.7 Å². The fourth-order valence-electron chi connectivity index (χ4n) is 2.23. The molecule has 1 amide bonds. The Morgan fingerprint density at radius 1 is 1.15 bits per heavy atom. The molecule has 0 radical (unpaired) electrons. The third-order valence-corrected chi connectivity index (χ3v) is 3.62. The number of aryl methyl sites for hydroxylation is 1. The second kappa shape index (κ2) is 9.36. The Morgan fingerprint density at radius 2 is 1.88 bits per heavy atom. The molecule has 2 N–H and O–H groups in total. The number of ether oxygens (including phenoxy) is 1. The van der Waals surface area contributed by atoms with Gasteiger partial charge in [0.05, 0.1) is 0 Å². The highest BCUT2D eigenvalue weighted by atomic mass is 16.5. The van der Waals surface area contributed by atoms with Gasteiger partial charge in [-0.05, 0) is 30.5 Å². The molecule has 0 saturated carbocycles. The Kier molecular flexibility index (Phi) is 6.90. The number of esters is 1. The van der Waals surface area contributed by atoms with Crippen molar-refractivity contribution >= 4 is 17.6 Å². The predicted molar refractivity (Wildman–Crippen MR) is 96.0 cm³/mol. The number of amides is 1. The summed E-state index contributed by atoms with van der Waals surface area (Å²) in [6.07, 6.45) is 4.41. The molecule has 1 aromatic heterocycles. The SMILES string of the molecule is CCCCc1ccc(NC(=O)COC(=O)Cn2ccc(=O)[nH]c2=O)cc1. The molecule has 0 aliphatic rings. The Bertz CT molecular complexity index is 867. The first kappa shape index (κ1) is 19.2. The second-order valence-corrected chi connectivity index (χ2v) is 5.75. The highest BCUT2D eigenvalue weighted by Gasteiger charge is 2.10. The summed E-state index contributed by atoms with van der Waals surface area (Å²) in [4.78, 5) is 48.0. The zero-order chi connectivity index (χ0) is 18.9. The number of aromatic amines is 1. The number of benzene rings is 1. The summed E-state index contributed by atoms with van der Waals surface area (Å²) >= 11 is 0. The molecule has 1 heterocycles. The summed E-state index contributed by atoms with van der Waals surface area (Å²) in [5.41, 5.74) is 0.535. The molecule has 0 spiro atoms. The molecular weight excluding hydrogens is 338 g/mol. The quantitative estimate of drug-likeness (QED) is 0.685. The molecule has 2 aromatic rings. The van der Waals surface area contributed by atoms with Gasteiger partial charge in [-0.1, -0.05) is 25.5 Å². The van der Waals surface area contributed by atoms with Crippen LogP contribution in [0.15, 0.2) is 46.1 Å². The number of rotatable bonds is 8. The molecule has 0 aliphatic heterocycles. The van der Waals surface area contributed by atoms with E-state index in [0.717, 1.165) is 29.9 Å². The van der Waals surface area contributed by atoms with Crippen LogP contribution in [-0.4, -0.2) is 28.0 Å². The number of H-pyrrole nitrogens is 1. The van der Waals surface area contributed by atoms with E-state index < -0.39 is 36.3 Å². The lowest BCUT2D eigenvalue weighted by molar-refractivity contribution is -0.148. The van der Waals surface area contributed by atoms with Crippen molar-refractivity contribution in [2.45, 2.75) is 32.7 Å². The van der Waals surface area contributed by atoms with Crippen LogP contribution >= 0.6 is 0 Å². The smallest absolute Gasteiger partial charge is 0.328 e. The summed E-state index contributed by atoms with van der Waals surface area (Å²) in [6.45, 7) is 1.27. The number of aromatic nitrogens is 2. The van der Waals surface area contributed by atoms with Crippen molar-refractivity contribution in [3.05, 3.63) is 62.9 Å². The van der Waals surface area contributed by atoms with Crippen molar-refractivity contribution < 1.29 is 14.3 Å². The first-order valence-electron chi connectivity index (χ1n) is 8.32. The molecule has 8 heteroatoms. The van der Waals surface area contributed by atoms with Gasteiger partial charge in [0.2, 0.25) is 0 Å². The van der Waals surface area contributed by atoms with Crippen molar-refractivity contribution in [2.24, 2.45) is 0 Å². The lowest BCUT2D eigenvalue weighted by Gasteiger charge is -2.08. The summed E-state index contributed by atoms with van der Waals surface area (Å²) in [5, 5.41) is 2.63. The second-order valence-electron chi connectivity index (χ2n) is 5.75. The summed E-state index contributed by atoms with van der Waals surface area (Å²) in [6, 6.07) is 8.60. The van der Waals surface area contributed by atoms with E-state index in [9.17, 15) is 19.2 Å². The van der Waals surface area contributed by atoms with Gasteiger partial charge in [-0.2, -0.15) is 0 Å². The van der Waals surface area contributed by atoms with Gasteiger partial charge < -0.3 is 10.1 Å². The number of anilines is 1. The van der Waals surface area contributed by atoms with Crippen molar-refractivity contribution in [1.29, 1.82) is 0 Å². The maximum atomic E-state index is 11.8. The highest BCUT2D eigenvalue weighted by Crippen LogP contribution is 2.11. The highest BCUT2D eigenvalue weighted by molar-refractivity contribution is 5.92. The van der Waals surface area contributed by atoms with E-state index in [2.05, 4.69) is 12.2 Å². The molecule has 8 nitrogen and oxygen atoms in total. The number of nitrogens with one attached hydrogen (secondary N) is 2. The minimum atomic E-state index is -0.760. The summed E-state index contributed by atoms with van der Waals surface area (Å²) < 4.78 is 5.82. The maximum Gasteiger partial charge on any atom is 0.328 e. The third kappa shape index (κ3) is 6.04. The van der Waals surface area contributed by atoms with E-state index in [4.69, 9.17) is 4.74 Å². The van der Waals surface area contributed by atoms with Crippen LogP contribution < -0.4 is 16.6 Å². The Hall–Kier alpha value is -3.16. The number of nitrogens with zero attached hydrogens (tertiary/aromatic N) is 1. The Morgan fingerprint density at radius 3 is 2.54 bits per heavy atom. The zero-order valence-corrected chi connectivity index (χ0v) is 14.5. The van der Waals surface area contributed by atoms with Gasteiger partial charge in [0.1, 0.15) is 6.54 Å². The van der Waals surface area contributed by atoms with Crippen LogP contribution in [0.2, 0.25) is 0 Å². The fraction of sp³-hybridized carbons (Fsp3) is 0.333. The number of hydrogen-bond donors (Lipinski definition) is 2. The lowest BCUT2D eigenvalue weighted by Crippen LogP contribution is -2.32. The Balaban J connectivity index is 1.79. The lowest BCUT2D eigenvalue weighted by atomic mass is 10.1. The monoisotopic (exact) mass is 359 g/mol. The van der Waals surface area contributed by atoms with Gasteiger partial charge in [-0.3, -0.25) is 23.9 Å². The molecule has 1 aromatic carbocycles. The molecule has 0 fully saturated rings. The van der Waals surface area contributed by atoms with Gasteiger partial charge in [0.15, 0.2) is 6.61 Å². The summed E-state index contributed by atoms with van der Waals surface area (Å²) in [5.74, 6) is -1.24. The van der Waals surface area contributed by atoms with Crippen LogP contribution in [0.1, 0.15) is 25.3 Å². The molecule has 2 rings (SSSR count). The predicted octanol–water partition coefficient (Wildman–Crippen LogP) is 1.06. The Labute approximate surface area is 149 Å². The van der Waals surface area contributed by atoms with E-state index in [1.165, 1.54) is 11.8 Å². The molecule has 0 unspecified atom stereocenters. The standard InChI is InChI=1S/C18H21N3O5/c1-2-3-4-13-5-7-14(8-6-13)19-16(23)12-26-17(24)11-21-10-9-15(22)20-18(21)25/h5-10H,2-4,11-12H2,1H3,(H,19,23)(H,20,22,25). The van der Waals surface area contributed by atoms with Crippen LogP contribution in [-0.2, 0) is 27.3 Å². The van der Waals surface area contributed by atoms with Crippen LogP contribution in [0.3, 0.4) is 0 Å². The van der Waals surface area contributed by atoms with Gasteiger partial charge in [-0.25, -0.2) is 4.79 Å². The molecule has 26 heavy (non-hydrogen) atoms. The first-order chi connectivity index (χ1) is 12.5. The van der Waals surface area contributed by atoms with Crippen molar-refractivity contribution in [3.63, 3.8) is 0 Å². The minimum Gasteiger partial charge on any atom is -0.454 e. The molecule has 0 atom stereocenters. The number of carbonyl (C=O) groups excluding carboxylic acids is 2. The van der Waals surface area contributed by atoms with Gasteiger partial charge in [-0.15, -0.1) is 0 Å². The van der Waals surface area contributed by atoms with Crippen molar-refractivity contribution in [1.82, 2.24) is 9.55 Å². The fourth-order valence-corrected chi connectivity index (χ4v) is 2.23. The average molecular weight is 359 g/mol. The average Bonchev–Trinajstić information content (AvgIpc) is 2.62. The van der Waals surface area contributed by atoms with Crippen LogP contribution in [0.5, 0.6) is 0 Å². The van der Waals surface area contributed by atoms with E-state index in [-0.39, 0.29) is 0 Å². The third-order valence-electron chi connectivity index (χ3n) is 3.62. The molecule has 0 saturated heterocycles. The first-order valence-corrected chi connectivity index (χ1v) is 8.32. The maximum absolute atomic E-state index is 11.8. The van der Waals surface area contributed by atoms with E-state index >= 15 is 0 Å². The largest absolute Gasteiger partial charge is 0.454 e. The van der Waals surface area contributed by atoms with E-state index in [1.807, 2.05) is 17.1 Å². The molecule has 0 bridgehead atoms. The molecule has 0 aliphatic carbocycles. The number of hydrogen-bond acceptors (Lipinski definition) is 5. The van der Waals surface area contributed by atoms with Crippen LogP contribution in [0, 0.1) is 0 Å².